The van der Waals surface area contributed by atoms with Crippen LogP contribution >= 0.6 is 0 Å². The van der Waals surface area contributed by atoms with Gasteiger partial charge in [-0.15, -0.1) is 0 Å². The lowest BCUT2D eigenvalue weighted by Gasteiger charge is -2.30. The minimum Gasteiger partial charge on any atom is -0.484 e. The van der Waals surface area contributed by atoms with E-state index in [2.05, 4.69) is 6.92 Å². The summed E-state index contributed by atoms with van der Waals surface area (Å²) in [6.07, 6.45) is 2.29. The SMILES string of the molecule is CCc1ccc(OCC(=O)N2CCC(C(=O)OC)CC2)cc1. The average molecular weight is 305 g/mol. The maximum absolute atomic E-state index is 12.1. The second-order valence-electron chi connectivity index (χ2n) is 5.46. The number of likely N-dealkylation sites (tertiary alicyclic amines) is 1. The lowest BCUT2D eigenvalue weighted by Crippen LogP contribution is -2.42. The van der Waals surface area contributed by atoms with Crippen molar-refractivity contribution in [2.75, 3.05) is 26.8 Å². The maximum Gasteiger partial charge on any atom is 0.308 e. The van der Waals surface area contributed by atoms with Gasteiger partial charge in [-0.1, -0.05) is 19.1 Å². The van der Waals surface area contributed by atoms with Crippen LogP contribution < -0.4 is 4.74 Å². The highest BCUT2D eigenvalue weighted by molar-refractivity contribution is 5.78. The van der Waals surface area contributed by atoms with Gasteiger partial charge in [-0.2, -0.15) is 0 Å². The van der Waals surface area contributed by atoms with Gasteiger partial charge in [0.05, 0.1) is 13.0 Å². The molecule has 0 aliphatic carbocycles. The van der Waals surface area contributed by atoms with Crippen LogP contribution in [0.15, 0.2) is 24.3 Å². The summed E-state index contributed by atoms with van der Waals surface area (Å²) in [5.41, 5.74) is 1.24. The molecule has 5 nitrogen and oxygen atoms in total. The Kier molecular flexibility index (Phi) is 5.81. The summed E-state index contributed by atoms with van der Waals surface area (Å²) < 4.78 is 10.3. The molecular weight excluding hydrogens is 282 g/mol. The van der Waals surface area contributed by atoms with Gasteiger partial charge in [-0.05, 0) is 37.0 Å². The van der Waals surface area contributed by atoms with E-state index in [-0.39, 0.29) is 24.4 Å². The molecule has 0 spiro atoms. The Morgan fingerprint density at radius 1 is 1.18 bits per heavy atom. The number of aryl methyl sites for hydroxylation is 1. The van der Waals surface area contributed by atoms with Crippen molar-refractivity contribution < 1.29 is 19.1 Å². The number of hydrogen-bond acceptors (Lipinski definition) is 4. The zero-order chi connectivity index (χ0) is 15.9. The fraction of sp³-hybridized carbons (Fsp3) is 0.529. The van der Waals surface area contributed by atoms with Crippen molar-refractivity contribution in [3.05, 3.63) is 29.8 Å². The van der Waals surface area contributed by atoms with E-state index < -0.39 is 0 Å². The van der Waals surface area contributed by atoms with Crippen LogP contribution in [0, 0.1) is 5.92 Å². The van der Waals surface area contributed by atoms with E-state index in [0.717, 1.165) is 6.42 Å². The molecule has 1 fully saturated rings. The summed E-state index contributed by atoms with van der Waals surface area (Å²) in [6, 6.07) is 7.77. The van der Waals surface area contributed by atoms with Gasteiger partial charge in [0.15, 0.2) is 6.61 Å². The molecule has 0 atom stereocenters. The van der Waals surface area contributed by atoms with Gasteiger partial charge in [0, 0.05) is 13.1 Å². The summed E-state index contributed by atoms with van der Waals surface area (Å²) in [5.74, 6) is 0.397. The molecule has 1 heterocycles. The van der Waals surface area contributed by atoms with Gasteiger partial charge >= 0.3 is 5.97 Å². The Bertz CT molecular complexity index is 504. The highest BCUT2D eigenvalue weighted by Gasteiger charge is 2.27. The monoisotopic (exact) mass is 305 g/mol. The van der Waals surface area contributed by atoms with Gasteiger partial charge in [0.25, 0.3) is 5.91 Å². The Morgan fingerprint density at radius 2 is 1.82 bits per heavy atom. The van der Waals surface area contributed by atoms with E-state index >= 15 is 0 Å². The quantitative estimate of drug-likeness (QED) is 0.781. The van der Waals surface area contributed by atoms with Crippen LogP contribution in [-0.2, 0) is 20.7 Å². The topological polar surface area (TPSA) is 55.8 Å². The van der Waals surface area contributed by atoms with Gasteiger partial charge in [-0.25, -0.2) is 0 Å². The standard InChI is InChI=1S/C17H23NO4/c1-3-13-4-6-15(7-5-13)22-12-16(19)18-10-8-14(9-11-18)17(20)21-2/h4-7,14H,3,8-12H2,1-2H3. The average Bonchev–Trinajstić information content (AvgIpc) is 2.59. The third-order valence-electron chi connectivity index (χ3n) is 4.08. The highest BCUT2D eigenvalue weighted by atomic mass is 16.5. The number of esters is 1. The Morgan fingerprint density at radius 3 is 2.36 bits per heavy atom. The maximum atomic E-state index is 12.1. The highest BCUT2D eigenvalue weighted by Crippen LogP contribution is 2.19. The number of amides is 1. The smallest absolute Gasteiger partial charge is 0.308 e. The molecule has 1 amide bonds. The number of ether oxygens (including phenoxy) is 2. The minimum atomic E-state index is -0.181. The van der Waals surface area contributed by atoms with Crippen molar-refractivity contribution in [2.24, 2.45) is 5.92 Å². The molecule has 1 aromatic rings. The summed E-state index contributed by atoms with van der Waals surface area (Å²) in [4.78, 5) is 25.3. The molecule has 1 saturated heterocycles. The van der Waals surface area contributed by atoms with Crippen molar-refractivity contribution in [3.63, 3.8) is 0 Å². The zero-order valence-corrected chi connectivity index (χ0v) is 13.2. The molecule has 120 valence electrons. The number of piperidine rings is 1. The van der Waals surface area contributed by atoms with E-state index in [1.807, 2.05) is 24.3 Å². The van der Waals surface area contributed by atoms with Gasteiger partial charge in [-0.3, -0.25) is 9.59 Å². The van der Waals surface area contributed by atoms with Gasteiger partial charge in [0.2, 0.25) is 0 Å². The van der Waals surface area contributed by atoms with E-state index in [9.17, 15) is 9.59 Å². The second kappa shape index (κ2) is 7.82. The zero-order valence-electron chi connectivity index (χ0n) is 13.2. The summed E-state index contributed by atoms with van der Waals surface area (Å²) in [7, 11) is 1.40. The molecule has 0 unspecified atom stereocenters. The first-order valence-corrected chi connectivity index (χ1v) is 7.71. The van der Waals surface area contributed by atoms with E-state index in [4.69, 9.17) is 9.47 Å². The molecule has 0 N–H and O–H groups in total. The summed E-state index contributed by atoms with van der Waals surface area (Å²) in [5, 5.41) is 0. The predicted octanol–water partition coefficient (Wildman–Crippen LogP) is 2.04. The summed E-state index contributed by atoms with van der Waals surface area (Å²) in [6.45, 7) is 3.29. The first kappa shape index (κ1) is 16.3. The normalized spacial score (nSPS) is 15.5. The third-order valence-corrected chi connectivity index (χ3v) is 4.08. The van der Waals surface area contributed by atoms with Crippen molar-refractivity contribution in [1.82, 2.24) is 4.90 Å². The summed E-state index contributed by atoms with van der Waals surface area (Å²) >= 11 is 0. The molecule has 1 aliphatic rings. The second-order valence-corrected chi connectivity index (χ2v) is 5.46. The molecule has 0 aromatic heterocycles. The molecule has 1 aromatic carbocycles. The lowest BCUT2D eigenvalue weighted by atomic mass is 9.97. The predicted molar refractivity (Wildman–Crippen MR) is 82.6 cm³/mol. The molecular formula is C17H23NO4. The number of methoxy groups -OCH3 is 1. The van der Waals surface area contributed by atoms with Crippen LogP contribution in [0.25, 0.3) is 0 Å². The first-order valence-electron chi connectivity index (χ1n) is 7.71. The number of carbonyl (C=O) groups excluding carboxylic acids is 2. The fourth-order valence-corrected chi connectivity index (χ4v) is 2.59. The minimum absolute atomic E-state index is 0.0361. The molecule has 2 rings (SSSR count). The van der Waals surface area contributed by atoms with Crippen LogP contribution in [0.5, 0.6) is 5.75 Å². The van der Waals surface area contributed by atoms with E-state index in [1.54, 1.807) is 4.90 Å². The number of nitrogens with zero attached hydrogens (tertiary/aromatic N) is 1. The van der Waals surface area contributed by atoms with E-state index in [0.29, 0.717) is 31.7 Å². The molecule has 1 aliphatic heterocycles. The Hall–Kier alpha value is -2.04. The number of benzene rings is 1. The van der Waals surface area contributed by atoms with Crippen LogP contribution in [0.4, 0.5) is 0 Å². The van der Waals surface area contributed by atoms with Gasteiger partial charge < -0.3 is 14.4 Å². The van der Waals surface area contributed by atoms with Crippen molar-refractivity contribution in [1.29, 1.82) is 0 Å². The van der Waals surface area contributed by atoms with E-state index in [1.165, 1.54) is 12.7 Å². The molecule has 0 bridgehead atoms. The fourth-order valence-electron chi connectivity index (χ4n) is 2.59. The van der Waals surface area contributed by atoms with Crippen LogP contribution in [-0.4, -0.2) is 43.6 Å². The van der Waals surface area contributed by atoms with Crippen LogP contribution in [0.1, 0.15) is 25.3 Å². The Labute approximate surface area is 131 Å². The number of carbonyl (C=O) groups is 2. The molecule has 0 radical (unpaired) electrons. The first-order chi connectivity index (χ1) is 10.6. The largest absolute Gasteiger partial charge is 0.484 e. The Balaban J connectivity index is 1.77. The van der Waals surface area contributed by atoms with Crippen molar-refractivity contribution >= 4 is 11.9 Å². The number of rotatable bonds is 5. The van der Waals surface area contributed by atoms with Crippen molar-refractivity contribution in [2.45, 2.75) is 26.2 Å². The van der Waals surface area contributed by atoms with Gasteiger partial charge in [0.1, 0.15) is 5.75 Å². The van der Waals surface area contributed by atoms with Crippen molar-refractivity contribution in [3.8, 4) is 5.75 Å². The molecule has 22 heavy (non-hydrogen) atoms. The lowest BCUT2D eigenvalue weighted by molar-refractivity contribution is -0.149. The van der Waals surface area contributed by atoms with Crippen LogP contribution in [0.3, 0.4) is 0 Å². The van der Waals surface area contributed by atoms with Crippen LogP contribution in [0.2, 0.25) is 0 Å². The number of hydrogen-bond donors (Lipinski definition) is 0. The molecule has 0 saturated carbocycles. The third kappa shape index (κ3) is 4.23. The molecule has 5 heteroatoms.